The lowest BCUT2D eigenvalue weighted by molar-refractivity contribution is 0.0148. The zero-order valence-corrected chi connectivity index (χ0v) is 12.7. The molecular weight excluding hydrogens is 240 g/mol. The summed E-state index contributed by atoms with van der Waals surface area (Å²) in [5.74, 6) is 0.557. The first-order chi connectivity index (χ1) is 8.85. The Bertz CT molecular complexity index is 321. The number of piperidine rings is 1. The van der Waals surface area contributed by atoms with Gasteiger partial charge in [-0.15, -0.1) is 0 Å². The molecule has 1 saturated carbocycles. The maximum Gasteiger partial charge on any atom is 0.410 e. The number of hydrogen-bond donors (Lipinski definition) is 1. The van der Waals surface area contributed by atoms with Gasteiger partial charge in [0.2, 0.25) is 0 Å². The van der Waals surface area contributed by atoms with Crippen molar-refractivity contribution >= 4 is 6.09 Å². The van der Waals surface area contributed by atoms with Gasteiger partial charge in [-0.25, -0.2) is 4.79 Å². The number of amides is 1. The highest BCUT2D eigenvalue weighted by molar-refractivity contribution is 5.68. The molecule has 0 radical (unpaired) electrons. The Labute approximate surface area is 116 Å². The minimum absolute atomic E-state index is 0.157. The molecule has 19 heavy (non-hydrogen) atoms. The summed E-state index contributed by atoms with van der Waals surface area (Å²) < 4.78 is 5.47. The number of nitrogens with zero attached hydrogens (tertiary/aromatic N) is 1. The summed E-state index contributed by atoms with van der Waals surface area (Å²) in [7, 11) is 0. The highest BCUT2D eigenvalue weighted by atomic mass is 16.6. The van der Waals surface area contributed by atoms with Crippen LogP contribution in [0.4, 0.5) is 4.79 Å². The fourth-order valence-corrected chi connectivity index (χ4v) is 2.67. The average Bonchev–Trinajstić information content (AvgIpc) is 3.11. The van der Waals surface area contributed by atoms with Crippen molar-refractivity contribution < 1.29 is 9.53 Å². The van der Waals surface area contributed by atoms with Crippen molar-refractivity contribution in [3.63, 3.8) is 0 Å². The molecule has 4 heteroatoms. The lowest BCUT2D eigenvalue weighted by atomic mass is 9.91. The number of carbonyl (C=O) groups excluding carboxylic acids is 1. The summed E-state index contributed by atoms with van der Waals surface area (Å²) in [5, 5.41) is 3.65. The van der Waals surface area contributed by atoms with Crippen LogP contribution in [-0.4, -0.2) is 41.8 Å². The SMILES string of the molecule is C[C@@H](NC1CC1)[C@H]1CCCN(C(=O)OC(C)(C)C)C1. The van der Waals surface area contributed by atoms with Crippen molar-refractivity contribution in [2.75, 3.05) is 13.1 Å². The van der Waals surface area contributed by atoms with Gasteiger partial charge in [0, 0.05) is 25.2 Å². The number of carbonyl (C=O) groups is 1. The molecule has 0 aromatic rings. The quantitative estimate of drug-likeness (QED) is 0.855. The lowest BCUT2D eigenvalue weighted by Gasteiger charge is -2.36. The van der Waals surface area contributed by atoms with Crippen LogP contribution in [0.5, 0.6) is 0 Å². The monoisotopic (exact) mass is 268 g/mol. The van der Waals surface area contributed by atoms with Gasteiger partial charge in [-0.1, -0.05) is 0 Å². The summed E-state index contributed by atoms with van der Waals surface area (Å²) in [4.78, 5) is 14.0. The third-order valence-corrected chi connectivity index (χ3v) is 3.89. The smallest absolute Gasteiger partial charge is 0.410 e. The number of hydrogen-bond acceptors (Lipinski definition) is 3. The minimum atomic E-state index is -0.401. The largest absolute Gasteiger partial charge is 0.444 e. The van der Waals surface area contributed by atoms with Gasteiger partial charge in [0.05, 0.1) is 0 Å². The molecule has 0 unspecified atom stereocenters. The van der Waals surface area contributed by atoms with Gasteiger partial charge in [0.1, 0.15) is 5.60 Å². The van der Waals surface area contributed by atoms with E-state index in [-0.39, 0.29) is 6.09 Å². The van der Waals surface area contributed by atoms with Gasteiger partial charge >= 0.3 is 6.09 Å². The van der Waals surface area contributed by atoms with Crippen LogP contribution in [0.15, 0.2) is 0 Å². The van der Waals surface area contributed by atoms with E-state index in [9.17, 15) is 4.79 Å². The van der Waals surface area contributed by atoms with Crippen molar-refractivity contribution in [1.29, 1.82) is 0 Å². The van der Waals surface area contributed by atoms with E-state index >= 15 is 0 Å². The first-order valence-electron chi connectivity index (χ1n) is 7.59. The number of rotatable bonds is 3. The van der Waals surface area contributed by atoms with Crippen molar-refractivity contribution in [3.05, 3.63) is 0 Å². The van der Waals surface area contributed by atoms with E-state index in [0.717, 1.165) is 25.6 Å². The second-order valence-electron chi connectivity index (χ2n) is 7.06. The Morgan fingerprint density at radius 1 is 1.32 bits per heavy atom. The standard InChI is InChI=1S/C15H28N2O2/c1-11(16-13-7-8-13)12-6-5-9-17(10-12)14(18)19-15(2,3)4/h11-13,16H,5-10H2,1-4H3/t11-,12+/m1/s1. The first kappa shape index (κ1) is 14.6. The van der Waals surface area contributed by atoms with Gasteiger partial charge in [0.15, 0.2) is 0 Å². The average molecular weight is 268 g/mol. The topological polar surface area (TPSA) is 41.6 Å². The van der Waals surface area contributed by atoms with Crippen molar-refractivity contribution in [2.45, 2.75) is 71.1 Å². The summed E-state index contributed by atoms with van der Waals surface area (Å²) in [6.07, 6.45) is 4.76. The van der Waals surface area contributed by atoms with Crippen LogP contribution in [0.3, 0.4) is 0 Å². The molecule has 0 aromatic heterocycles. The molecule has 1 N–H and O–H groups in total. The van der Waals surface area contributed by atoms with Crippen molar-refractivity contribution in [2.24, 2.45) is 5.92 Å². The van der Waals surface area contributed by atoms with Gasteiger partial charge < -0.3 is 15.0 Å². The second-order valence-corrected chi connectivity index (χ2v) is 7.06. The highest BCUT2D eigenvalue weighted by Gasteiger charge is 2.32. The van der Waals surface area contributed by atoms with Crippen LogP contribution in [0, 0.1) is 5.92 Å². The van der Waals surface area contributed by atoms with E-state index in [1.165, 1.54) is 19.3 Å². The predicted octanol–water partition coefficient (Wildman–Crippen LogP) is 2.77. The normalized spacial score (nSPS) is 26.1. The van der Waals surface area contributed by atoms with E-state index in [4.69, 9.17) is 4.74 Å². The maximum absolute atomic E-state index is 12.1. The Kier molecular flexibility index (Phi) is 4.39. The fourth-order valence-electron chi connectivity index (χ4n) is 2.67. The van der Waals surface area contributed by atoms with E-state index < -0.39 is 5.60 Å². The molecule has 0 bridgehead atoms. The summed E-state index contributed by atoms with van der Waals surface area (Å²) in [5.41, 5.74) is -0.401. The molecule has 1 aliphatic heterocycles. The van der Waals surface area contributed by atoms with Gasteiger partial charge in [-0.3, -0.25) is 0 Å². The predicted molar refractivity (Wildman–Crippen MR) is 76.2 cm³/mol. The van der Waals surface area contributed by atoms with Crippen LogP contribution in [0.1, 0.15) is 53.4 Å². The molecule has 2 fully saturated rings. The Morgan fingerprint density at radius 3 is 2.58 bits per heavy atom. The van der Waals surface area contributed by atoms with Crippen LogP contribution in [-0.2, 0) is 4.74 Å². The van der Waals surface area contributed by atoms with Gasteiger partial charge in [-0.05, 0) is 59.3 Å². The Morgan fingerprint density at radius 2 is 2.00 bits per heavy atom. The Balaban J connectivity index is 1.83. The highest BCUT2D eigenvalue weighted by Crippen LogP contribution is 2.25. The lowest BCUT2D eigenvalue weighted by Crippen LogP contribution is -2.48. The van der Waals surface area contributed by atoms with Crippen LogP contribution < -0.4 is 5.32 Å². The van der Waals surface area contributed by atoms with E-state index in [2.05, 4.69) is 12.2 Å². The molecule has 2 aliphatic rings. The third kappa shape index (κ3) is 4.68. The Hall–Kier alpha value is -0.770. The summed E-state index contributed by atoms with van der Waals surface area (Å²) in [6.45, 7) is 9.68. The molecule has 110 valence electrons. The van der Waals surface area contributed by atoms with E-state index in [1.807, 2.05) is 25.7 Å². The zero-order chi connectivity index (χ0) is 14.0. The van der Waals surface area contributed by atoms with Crippen LogP contribution in [0.2, 0.25) is 0 Å². The molecular formula is C15H28N2O2. The molecule has 0 aromatic carbocycles. The molecule has 2 rings (SSSR count). The summed E-state index contributed by atoms with van der Waals surface area (Å²) >= 11 is 0. The van der Waals surface area contributed by atoms with Crippen LogP contribution in [0.25, 0.3) is 0 Å². The number of likely N-dealkylation sites (tertiary alicyclic amines) is 1. The van der Waals surface area contributed by atoms with E-state index in [0.29, 0.717) is 12.0 Å². The number of ether oxygens (including phenoxy) is 1. The molecule has 1 amide bonds. The van der Waals surface area contributed by atoms with Gasteiger partial charge in [0.25, 0.3) is 0 Å². The second kappa shape index (κ2) is 5.70. The summed E-state index contributed by atoms with van der Waals surface area (Å²) in [6, 6.07) is 1.23. The molecule has 1 saturated heterocycles. The molecule has 1 aliphatic carbocycles. The minimum Gasteiger partial charge on any atom is -0.444 e. The van der Waals surface area contributed by atoms with Crippen LogP contribution >= 0.6 is 0 Å². The first-order valence-corrected chi connectivity index (χ1v) is 7.59. The van der Waals surface area contributed by atoms with Gasteiger partial charge in [-0.2, -0.15) is 0 Å². The molecule has 2 atom stereocenters. The zero-order valence-electron chi connectivity index (χ0n) is 12.7. The molecule has 0 spiro atoms. The third-order valence-electron chi connectivity index (χ3n) is 3.89. The van der Waals surface area contributed by atoms with E-state index in [1.54, 1.807) is 0 Å². The van der Waals surface area contributed by atoms with Crippen molar-refractivity contribution in [1.82, 2.24) is 10.2 Å². The molecule has 1 heterocycles. The fraction of sp³-hybridized carbons (Fsp3) is 0.933. The number of nitrogens with one attached hydrogen (secondary N) is 1. The van der Waals surface area contributed by atoms with Crippen molar-refractivity contribution in [3.8, 4) is 0 Å². The maximum atomic E-state index is 12.1. The molecule has 4 nitrogen and oxygen atoms in total.